The van der Waals surface area contributed by atoms with Crippen LogP contribution in [0.5, 0.6) is 0 Å². The number of ketones is 2. The van der Waals surface area contributed by atoms with Crippen molar-refractivity contribution in [1.29, 1.82) is 0 Å². The number of hydrogen-bond acceptors (Lipinski definition) is 3. The molecule has 2 unspecified atom stereocenters. The predicted molar refractivity (Wildman–Crippen MR) is 98.6 cm³/mol. The van der Waals surface area contributed by atoms with E-state index in [1.807, 2.05) is 46.8 Å². The molecule has 0 aromatic heterocycles. The molecule has 2 rings (SSSR count). The molecule has 25 heavy (non-hydrogen) atoms. The van der Waals surface area contributed by atoms with Crippen molar-refractivity contribution in [3.05, 3.63) is 34.4 Å². The van der Waals surface area contributed by atoms with Gasteiger partial charge in [-0.05, 0) is 43.4 Å². The zero-order valence-electron chi connectivity index (χ0n) is 16.2. The Morgan fingerprint density at radius 2 is 1.72 bits per heavy atom. The lowest BCUT2D eigenvalue weighted by Crippen LogP contribution is -2.32. The van der Waals surface area contributed by atoms with Crippen molar-refractivity contribution in [2.75, 3.05) is 13.6 Å². The number of carbonyl (C=O) groups is 3. The van der Waals surface area contributed by atoms with Crippen molar-refractivity contribution in [3.8, 4) is 0 Å². The number of amides is 1. The van der Waals surface area contributed by atoms with Gasteiger partial charge >= 0.3 is 0 Å². The maximum Gasteiger partial charge on any atom is 0.223 e. The van der Waals surface area contributed by atoms with Gasteiger partial charge < -0.3 is 4.90 Å². The van der Waals surface area contributed by atoms with Gasteiger partial charge in [0.1, 0.15) is 11.7 Å². The maximum atomic E-state index is 12.9. The van der Waals surface area contributed by atoms with E-state index < -0.39 is 11.8 Å². The highest BCUT2D eigenvalue weighted by molar-refractivity contribution is 6.15. The van der Waals surface area contributed by atoms with E-state index in [9.17, 15) is 14.4 Å². The molecule has 1 amide bonds. The summed E-state index contributed by atoms with van der Waals surface area (Å²) >= 11 is 0. The standard InChI is InChI=1S/C21H29NO3/c1-12(2)11-22(6)18(24)10-16-9-17(23)20(21(16)25)19-14(4)7-13(3)8-15(19)5/h7-8,12,16,20H,9-11H2,1-6H3. The summed E-state index contributed by atoms with van der Waals surface area (Å²) in [4.78, 5) is 39.5. The third-order valence-corrected chi connectivity index (χ3v) is 4.97. The Balaban J connectivity index is 2.19. The Bertz CT molecular complexity index is 682. The zero-order chi connectivity index (χ0) is 18.9. The molecule has 1 saturated carbocycles. The number of nitrogens with zero attached hydrogens (tertiary/aromatic N) is 1. The first-order chi connectivity index (χ1) is 11.6. The molecule has 0 radical (unpaired) electrons. The van der Waals surface area contributed by atoms with Crippen molar-refractivity contribution >= 4 is 17.5 Å². The monoisotopic (exact) mass is 343 g/mol. The van der Waals surface area contributed by atoms with Crippen LogP contribution in [0.1, 0.15) is 54.9 Å². The first kappa shape index (κ1) is 19.4. The lowest BCUT2D eigenvalue weighted by Gasteiger charge is -2.21. The minimum atomic E-state index is -0.700. The predicted octanol–water partition coefficient (Wildman–Crippen LogP) is 3.36. The summed E-state index contributed by atoms with van der Waals surface area (Å²) in [5, 5.41) is 0. The molecular weight excluding hydrogens is 314 g/mol. The van der Waals surface area contributed by atoms with Crippen LogP contribution in [-0.2, 0) is 14.4 Å². The molecule has 0 spiro atoms. The van der Waals surface area contributed by atoms with Gasteiger partial charge in [0, 0.05) is 32.4 Å². The number of rotatable bonds is 5. The smallest absolute Gasteiger partial charge is 0.223 e. The Hall–Kier alpha value is -1.97. The SMILES string of the molecule is Cc1cc(C)c(C2C(=O)CC(CC(=O)N(C)CC(C)C)C2=O)c(C)c1. The Morgan fingerprint density at radius 3 is 2.24 bits per heavy atom. The van der Waals surface area contributed by atoms with Gasteiger partial charge in [0.15, 0.2) is 5.78 Å². The summed E-state index contributed by atoms with van der Waals surface area (Å²) in [5.41, 5.74) is 3.92. The van der Waals surface area contributed by atoms with E-state index in [1.165, 1.54) is 0 Å². The van der Waals surface area contributed by atoms with Gasteiger partial charge in [0.2, 0.25) is 5.91 Å². The lowest BCUT2D eigenvalue weighted by molar-refractivity contribution is -0.134. The van der Waals surface area contributed by atoms with Crippen LogP contribution in [0.4, 0.5) is 0 Å². The molecule has 136 valence electrons. The second-order valence-electron chi connectivity index (χ2n) is 7.89. The van der Waals surface area contributed by atoms with E-state index >= 15 is 0 Å². The Morgan fingerprint density at radius 1 is 1.16 bits per heavy atom. The Kier molecular flexibility index (Phi) is 5.81. The molecule has 1 aliphatic rings. The number of carbonyl (C=O) groups excluding carboxylic acids is 3. The normalized spacial score (nSPS) is 20.4. The maximum absolute atomic E-state index is 12.9. The van der Waals surface area contributed by atoms with Gasteiger partial charge in [-0.1, -0.05) is 31.5 Å². The molecule has 0 bridgehead atoms. The van der Waals surface area contributed by atoms with E-state index in [0.29, 0.717) is 12.5 Å². The fourth-order valence-electron chi connectivity index (χ4n) is 3.99. The van der Waals surface area contributed by atoms with Crippen molar-refractivity contribution in [3.63, 3.8) is 0 Å². The summed E-state index contributed by atoms with van der Waals surface area (Å²) in [5.74, 6) is -1.01. The minimum Gasteiger partial charge on any atom is -0.345 e. The molecule has 0 saturated heterocycles. The highest BCUT2D eigenvalue weighted by atomic mass is 16.2. The molecule has 4 nitrogen and oxygen atoms in total. The topological polar surface area (TPSA) is 54.5 Å². The van der Waals surface area contributed by atoms with Gasteiger partial charge in [-0.15, -0.1) is 0 Å². The fraction of sp³-hybridized carbons (Fsp3) is 0.571. The molecule has 1 fully saturated rings. The summed E-state index contributed by atoms with van der Waals surface area (Å²) in [6.45, 7) is 10.7. The second kappa shape index (κ2) is 7.51. The average molecular weight is 343 g/mol. The van der Waals surface area contributed by atoms with Crippen LogP contribution in [0.3, 0.4) is 0 Å². The fourth-order valence-corrected chi connectivity index (χ4v) is 3.99. The van der Waals surface area contributed by atoms with Gasteiger partial charge in [-0.2, -0.15) is 0 Å². The largest absolute Gasteiger partial charge is 0.345 e. The van der Waals surface area contributed by atoms with E-state index in [2.05, 4.69) is 0 Å². The number of hydrogen-bond donors (Lipinski definition) is 0. The zero-order valence-corrected chi connectivity index (χ0v) is 16.2. The molecule has 0 N–H and O–H groups in total. The summed E-state index contributed by atoms with van der Waals surface area (Å²) in [6, 6.07) is 4.02. The first-order valence-corrected chi connectivity index (χ1v) is 9.00. The molecule has 0 aliphatic heterocycles. The van der Waals surface area contributed by atoms with E-state index in [4.69, 9.17) is 0 Å². The van der Waals surface area contributed by atoms with Crippen molar-refractivity contribution in [1.82, 2.24) is 4.90 Å². The third-order valence-electron chi connectivity index (χ3n) is 4.97. The quantitative estimate of drug-likeness (QED) is 0.770. The number of benzene rings is 1. The molecular formula is C21H29NO3. The van der Waals surface area contributed by atoms with Gasteiger partial charge in [0.05, 0.1) is 0 Å². The Labute approximate surface area is 150 Å². The summed E-state index contributed by atoms with van der Waals surface area (Å²) in [6.07, 6.45) is 0.311. The molecule has 4 heteroatoms. The minimum absolute atomic E-state index is 0.0515. The highest BCUT2D eigenvalue weighted by Crippen LogP contribution is 2.37. The summed E-state index contributed by atoms with van der Waals surface area (Å²) < 4.78 is 0. The molecule has 1 aliphatic carbocycles. The molecule has 0 heterocycles. The van der Waals surface area contributed by atoms with Crippen LogP contribution in [0, 0.1) is 32.6 Å². The second-order valence-corrected chi connectivity index (χ2v) is 7.89. The number of Topliss-reactive ketones (excluding diaryl/α,β-unsaturated/α-hetero) is 2. The number of aryl methyl sites for hydroxylation is 3. The highest BCUT2D eigenvalue weighted by Gasteiger charge is 2.44. The average Bonchev–Trinajstić information content (AvgIpc) is 2.73. The van der Waals surface area contributed by atoms with Crippen LogP contribution >= 0.6 is 0 Å². The van der Waals surface area contributed by atoms with Crippen molar-refractivity contribution in [2.24, 2.45) is 11.8 Å². The van der Waals surface area contributed by atoms with Crippen molar-refractivity contribution in [2.45, 2.75) is 53.4 Å². The molecule has 1 aromatic carbocycles. The van der Waals surface area contributed by atoms with Crippen LogP contribution < -0.4 is 0 Å². The van der Waals surface area contributed by atoms with E-state index in [0.717, 1.165) is 22.3 Å². The van der Waals surface area contributed by atoms with Crippen LogP contribution in [0.15, 0.2) is 12.1 Å². The molecule has 2 atom stereocenters. The summed E-state index contributed by atoms with van der Waals surface area (Å²) in [7, 11) is 1.76. The van der Waals surface area contributed by atoms with Crippen LogP contribution in [0.25, 0.3) is 0 Å². The van der Waals surface area contributed by atoms with E-state index in [1.54, 1.807) is 11.9 Å². The first-order valence-electron chi connectivity index (χ1n) is 9.00. The van der Waals surface area contributed by atoms with Gasteiger partial charge in [0.25, 0.3) is 0 Å². The van der Waals surface area contributed by atoms with Crippen LogP contribution in [0.2, 0.25) is 0 Å². The van der Waals surface area contributed by atoms with Gasteiger partial charge in [-0.3, -0.25) is 14.4 Å². The van der Waals surface area contributed by atoms with E-state index in [-0.39, 0.29) is 30.3 Å². The third kappa shape index (κ3) is 4.17. The van der Waals surface area contributed by atoms with Crippen LogP contribution in [-0.4, -0.2) is 36.0 Å². The lowest BCUT2D eigenvalue weighted by atomic mass is 9.86. The van der Waals surface area contributed by atoms with Crippen molar-refractivity contribution < 1.29 is 14.4 Å². The molecule has 1 aromatic rings. The van der Waals surface area contributed by atoms with Gasteiger partial charge in [-0.25, -0.2) is 0 Å².